The standard InChI is InChI=1S/C10H6F3NO2S/c11-10(12,13)8-2-4-9(5-3-8)17(15,16)7-1-6-14/h1-5,7H. The molecule has 0 aliphatic heterocycles. The maximum Gasteiger partial charge on any atom is 0.416 e. The Hall–Kier alpha value is -1.81. The molecule has 0 amide bonds. The van der Waals surface area contributed by atoms with Crippen LogP contribution in [0.15, 0.2) is 40.6 Å². The van der Waals surface area contributed by atoms with E-state index in [0.717, 1.165) is 18.2 Å². The van der Waals surface area contributed by atoms with Crippen LogP contribution < -0.4 is 0 Å². The van der Waals surface area contributed by atoms with Crippen molar-refractivity contribution in [2.24, 2.45) is 0 Å². The van der Waals surface area contributed by atoms with Crippen LogP contribution in [-0.4, -0.2) is 8.42 Å². The first-order valence-electron chi connectivity index (χ1n) is 4.26. The summed E-state index contributed by atoms with van der Waals surface area (Å²) in [6.45, 7) is 0. The van der Waals surface area contributed by atoms with E-state index in [-0.39, 0.29) is 4.90 Å². The van der Waals surface area contributed by atoms with Gasteiger partial charge in [-0.15, -0.1) is 0 Å². The highest BCUT2D eigenvalue weighted by atomic mass is 32.2. The van der Waals surface area contributed by atoms with E-state index in [0.29, 0.717) is 17.5 Å². The smallest absolute Gasteiger partial charge is 0.219 e. The van der Waals surface area contributed by atoms with Gasteiger partial charge in [0.15, 0.2) is 0 Å². The van der Waals surface area contributed by atoms with Crippen LogP contribution >= 0.6 is 0 Å². The molecular formula is C10H6F3NO2S. The summed E-state index contributed by atoms with van der Waals surface area (Å²) in [6.07, 6.45) is -3.77. The van der Waals surface area contributed by atoms with Gasteiger partial charge in [-0.1, -0.05) is 0 Å². The summed E-state index contributed by atoms with van der Waals surface area (Å²) in [6, 6.07) is 4.53. The predicted molar refractivity (Wildman–Crippen MR) is 53.4 cm³/mol. The van der Waals surface area contributed by atoms with Gasteiger partial charge >= 0.3 is 6.18 Å². The molecule has 17 heavy (non-hydrogen) atoms. The lowest BCUT2D eigenvalue weighted by Crippen LogP contribution is -2.05. The summed E-state index contributed by atoms with van der Waals surface area (Å²) in [5.41, 5.74) is -0.930. The van der Waals surface area contributed by atoms with E-state index in [1.807, 2.05) is 0 Å². The van der Waals surface area contributed by atoms with Crippen molar-refractivity contribution in [1.82, 2.24) is 0 Å². The molecule has 0 saturated heterocycles. The van der Waals surface area contributed by atoms with E-state index < -0.39 is 21.6 Å². The third kappa shape index (κ3) is 3.32. The Kier molecular flexibility index (Phi) is 3.58. The van der Waals surface area contributed by atoms with Crippen molar-refractivity contribution in [3.8, 4) is 6.07 Å². The highest BCUT2D eigenvalue weighted by Gasteiger charge is 2.30. The topological polar surface area (TPSA) is 57.9 Å². The maximum absolute atomic E-state index is 12.2. The molecule has 0 aromatic heterocycles. The van der Waals surface area contributed by atoms with Crippen molar-refractivity contribution in [2.75, 3.05) is 0 Å². The second kappa shape index (κ2) is 4.59. The molecule has 0 N–H and O–H groups in total. The summed E-state index contributed by atoms with van der Waals surface area (Å²) in [7, 11) is -3.86. The number of hydrogen-bond donors (Lipinski definition) is 0. The Morgan fingerprint density at radius 3 is 2.12 bits per heavy atom. The fourth-order valence-electron chi connectivity index (χ4n) is 1.03. The van der Waals surface area contributed by atoms with Gasteiger partial charge in [0.2, 0.25) is 9.84 Å². The molecule has 1 rings (SSSR count). The molecular weight excluding hydrogens is 255 g/mol. The molecule has 1 aromatic carbocycles. The van der Waals surface area contributed by atoms with Crippen LogP contribution in [0.1, 0.15) is 5.56 Å². The minimum absolute atomic E-state index is 0.294. The summed E-state index contributed by atoms with van der Waals surface area (Å²) < 4.78 is 59.5. The molecule has 0 radical (unpaired) electrons. The molecule has 0 spiro atoms. The van der Waals surface area contributed by atoms with Crippen molar-refractivity contribution in [2.45, 2.75) is 11.1 Å². The minimum atomic E-state index is -4.51. The molecule has 0 aliphatic rings. The zero-order valence-electron chi connectivity index (χ0n) is 8.27. The van der Waals surface area contributed by atoms with E-state index in [1.165, 1.54) is 6.07 Å². The van der Waals surface area contributed by atoms with Gasteiger partial charge < -0.3 is 0 Å². The van der Waals surface area contributed by atoms with Crippen molar-refractivity contribution >= 4 is 9.84 Å². The van der Waals surface area contributed by atoms with E-state index in [2.05, 4.69) is 0 Å². The monoisotopic (exact) mass is 261 g/mol. The molecule has 0 unspecified atom stereocenters. The number of alkyl halides is 3. The van der Waals surface area contributed by atoms with Crippen molar-refractivity contribution in [1.29, 1.82) is 5.26 Å². The lowest BCUT2D eigenvalue weighted by Gasteiger charge is -2.06. The quantitative estimate of drug-likeness (QED) is 0.768. The number of nitrogens with zero attached hydrogens (tertiary/aromatic N) is 1. The van der Waals surface area contributed by atoms with Gasteiger partial charge in [0.05, 0.1) is 16.5 Å². The Morgan fingerprint density at radius 1 is 1.18 bits per heavy atom. The molecule has 90 valence electrons. The van der Waals surface area contributed by atoms with Gasteiger partial charge in [-0.25, -0.2) is 8.42 Å². The number of allylic oxidation sites excluding steroid dienone is 1. The summed E-state index contributed by atoms with van der Waals surface area (Å²) in [4.78, 5) is -0.294. The number of rotatable bonds is 2. The largest absolute Gasteiger partial charge is 0.416 e. The highest BCUT2D eigenvalue weighted by molar-refractivity contribution is 7.94. The Labute approximate surface area is 95.7 Å². The van der Waals surface area contributed by atoms with Gasteiger partial charge in [-0.3, -0.25) is 0 Å². The molecule has 0 heterocycles. The molecule has 7 heteroatoms. The first-order chi connectivity index (χ1) is 7.77. The van der Waals surface area contributed by atoms with Crippen LogP contribution in [0, 0.1) is 11.3 Å². The first kappa shape index (κ1) is 13.3. The van der Waals surface area contributed by atoms with Crippen LogP contribution in [0.2, 0.25) is 0 Å². The minimum Gasteiger partial charge on any atom is -0.219 e. The van der Waals surface area contributed by atoms with Gasteiger partial charge in [0.1, 0.15) is 0 Å². The lowest BCUT2D eigenvalue weighted by molar-refractivity contribution is -0.137. The third-order valence-electron chi connectivity index (χ3n) is 1.83. The highest BCUT2D eigenvalue weighted by Crippen LogP contribution is 2.29. The summed E-state index contributed by atoms with van der Waals surface area (Å²) in [5, 5.41) is 8.81. The summed E-state index contributed by atoms with van der Waals surface area (Å²) in [5.74, 6) is 0. The number of benzene rings is 1. The van der Waals surface area contributed by atoms with E-state index >= 15 is 0 Å². The van der Waals surface area contributed by atoms with Crippen molar-refractivity contribution in [3.05, 3.63) is 41.3 Å². The molecule has 1 aromatic rings. The Bertz CT molecular complexity index is 565. The zero-order valence-corrected chi connectivity index (χ0v) is 9.09. The average Bonchev–Trinajstić information content (AvgIpc) is 2.25. The van der Waals surface area contributed by atoms with Crippen LogP contribution in [0.3, 0.4) is 0 Å². The van der Waals surface area contributed by atoms with E-state index in [4.69, 9.17) is 5.26 Å². The van der Waals surface area contributed by atoms with Gasteiger partial charge in [-0.05, 0) is 24.3 Å². The number of sulfone groups is 1. The maximum atomic E-state index is 12.2. The fourth-order valence-corrected chi connectivity index (χ4v) is 1.94. The first-order valence-corrected chi connectivity index (χ1v) is 5.80. The predicted octanol–water partition coefficient (Wildman–Crippen LogP) is 2.52. The molecule has 0 atom stereocenters. The molecule has 0 bridgehead atoms. The van der Waals surface area contributed by atoms with Gasteiger partial charge in [0.25, 0.3) is 0 Å². The van der Waals surface area contributed by atoms with Gasteiger partial charge in [-0.2, -0.15) is 18.4 Å². The Morgan fingerprint density at radius 2 is 1.71 bits per heavy atom. The van der Waals surface area contributed by atoms with Crippen molar-refractivity contribution in [3.63, 3.8) is 0 Å². The third-order valence-corrected chi connectivity index (χ3v) is 3.26. The average molecular weight is 261 g/mol. The molecule has 0 saturated carbocycles. The lowest BCUT2D eigenvalue weighted by atomic mass is 10.2. The number of hydrogen-bond acceptors (Lipinski definition) is 3. The molecule has 3 nitrogen and oxygen atoms in total. The Balaban J connectivity index is 3.13. The second-order valence-corrected chi connectivity index (χ2v) is 4.83. The number of halogens is 3. The van der Waals surface area contributed by atoms with Crippen LogP contribution in [-0.2, 0) is 16.0 Å². The number of nitriles is 1. The van der Waals surface area contributed by atoms with Crippen molar-refractivity contribution < 1.29 is 21.6 Å². The van der Waals surface area contributed by atoms with E-state index in [1.54, 1.807) is 0 Å². The molecule has 0 fully saturated rings. The normalized spacial score (nSPS) is 12.6. The van der Waals surface area contributed by atoms with E-state index in [9.17, 15) is 21.6 Å². The SMILES string of the molecule is N#CC=CS(=O)(=O)c1ccc(C(F)(F)F)cc1. The second-order valence-electron chi connectivity index (χ2n) is 3.00. The van der Waals surface area contributed by atoms with Crippen LogP contribution in [0.25, 0.3) is 0 Å². The zero-order chi connectivity index (χ0) is 13.1. The summed E-state index contributed by atoms with van der Waals surface area (Å²) >= 11 is 0. The van der Waals surface area contributed by atoms with Crippen LogP contribution in [0.5, 0.6) is 0 Å². The molecule has 0 aliphatic carbocycles. The fraction of sp³-hybridized carbons (Fsp3) is 0.100. The van der Waals surface area contributed by atoms with Gasteiger partial charge in [0, 0.05) is 11.5 Å². The van der Waals surface area contributed by atoms with Crippen LogP contribution in [0.4, 0.5) is 13.2 Å².